The zero-order chi connectivity index (χ0) is 18.8. The van der Waals surface area contributed by atoms with Gasteiger partial charge in [-0.25, -0.2) is 22.7 Å². The van der Waals surface area contributed by atoms with Crippen LogP contribution in [0.4, 0.5) is 8.78 Å². The van der Waals surface area contributed by atoms with Crippen LogP contribution >= 0.6 is 0 Å². The van der Waals surface area contributed by atoms with Gasteiger partial charge in [-0.1, -0.05) is 5.16 Å². The van der Waals surface area contributed by atoms with Crippen LogP contribution in [0.5, 0.6) is 0 Å². The van der Waals surface area contributed by atoms with Crippen LogP contribution in [0.25, 0.3) is 11.3 Å². The number of aryl methyl sites for hydroxylation is 1. The predicted molar refractivity (Wildman–Crippen MR) is 83.4 cm³/mol. The van der Waals surface area contributed by atoms with Crippen molar-refractivity contribution in [3.63, 3.8) is 0 Å². The second kappa shape index (κ2) is 6.89. The maximum atomic E-state index is 13.7. The summed E-state index contributed by atoms with van der Waals surface area (Å²) >= 11 is 0. The minimum absolute atomic E-state index is 0.000809. The number of carbonyl (C=O) groups is 1. The van der Waals surface area contributed by atoms with Crippen molar-refractivity contribution in [3.8, 4) is 11.3 Å². The van der Waals surface area contributed by atoms with Crippen LogP contribution in [0, 0.1) is 11.6 Å². The Balaban J connectivity index is 2.22. The molecule has 2 rings (SSSR count). The van der Waals surface area contributed by atoms with Gasteiger partial charge in [-0.15, -0.1) is 0 Å². The molecule has 10 heteroatoms. The van der Waals surface area contributed by atoms with Gasteiger partial charge in [-0.3, -0.25) is 10.0 Å². The summed E-state index contributed by atoms with van der Waals surface area (Å²) in [7, 11) is -3.83. The van der Waals surface area contributed by atoms with E-state index in [1.54, 1.807) is 0 Å². The third kappa shape index (κ3) is 3.85. The number of halogens is 2. The van der Waals surface area contributed by atoms with Crippen molar-refractivity contribution in [2.24, 2.45) is 0 Å². The molecule has 1 aromatic heterocycles. The first-order chi connectivity index (χ1) is 11.6. The molecule has 0 saturated heterocycles. The van der Waals surface area contributed by atoms with Gasteiger partial charge in [-0.2, -0.15) is 0 Å². The summed E-state index contributed by atoms with van der Waals surface area (Å²) in [5, 5.41) is 12.5. The van der Waals surface area contributed by atoms with E-state index in [-0.39, 0.29) is 29.9 Å². The van der Waals surface area contributed by atoms with E-state index in [2.05, 4.69) is 5.16 Å². The molecule has 0 aliphatic carbocycles. The van der Waals surface area contributed by atoms with Gasteiger partial charge in [-0.05, 0) is 31.9 Å². The lowest BCUT2D eigenvalue weighted by atomic mass is 10.0. The Labute approximate surface area is 142 Å². The molecule has 7 nitrogen and oxygen atoms in total. The monoisotopic (exact) mass is 374 g/mol. The molecule has 0 aliphatic heterocycles. The van der Waals surface area contributed by atoms with Crippen molar-refractivity contribution in [2.75, 3.05) is 6.26 Å². The van der Waals surface area contributed by atoms with Gasteiger partial charge in [0.1, 0.15) is 16.4 Å². The summed E-state index contributed by atoms with van der Waals surface area (Å²) in [5.41, 5.74) is 1.62. The summed E-state index contributed by atoms with van der Waals surface area (Å²) < 4.78 is 53.6. The standard InChI is InChI=1S/C15H16F2N2O5S/c1-15(14(20)18-21,25(2,22)23)6-5-10-8-13(24-19-10)11-4-3-9(16)7-12(11)17/h3-4,7-8,21H,5-6H2,1-2H3,(H,18,20). The van der Waals surface area contributed by atoms with Crippen LogP contribution in [-0.2, 0) is 21.1 Å². The maximum Gasteiger partial charge on any atom is 0.264 e. The number of sulfone groups is 1. The molecule has 0 aliphatic rings. The molecule has 1 heterocycles. The number of amides is 1. The Morgan fingerprint density at radius 3 is 2.60 bits per heavy atom. The molecule has 0 saturated carbocycles. The molecule has 136 valence electrons. The fourth-order valence-electron chi connectivity index (χ4n) is 2.20. The Morgan fingerprint density at radius 2 is 2.04 bits per heavy atom. The van der Waals surface area contributed by atoms with Crippen LogP contribution in [0.3, 0.4) is 0 Å². The van der Waals surface area contributed by atoms with Crippen molar-refractivity contribution in [3.05, 3.63) is 41.6 Å². The van der Waals surface area contributed by atoms with Gasteiger partial charge in [0.05, 0.1) is 11.3 Å². The molecule has 0 spiro atoms. The zero-order valence-corrected chi connectivity index (χ0v) is 14.2. The quantitative estimate of drug-likeness (QED) is 0.590. The number of nitrogens with one attached hydrogen (secondary N) is 1. The summed E-state index contributed by atoms with van der Waals surface area (Å²) in [6.45, 7) is 1.18. The van der Waals surface area contributed by atoms with Gasteiger partial charge >= 0.3 is 0 Å². The van der Waals surface area contributed by atoms with Crippen molar-refractivity contribution >= 4 is 15.7 Å². The highest BCUT2D eigenvalue weighted by Crippen LogP contribution is 2.27. The third-order valence-corrected chi connectivity index (χ3v) is 6.04. The van der Waals surface area contributed by atoms with E-state index in [4.69, 9.17) is 9.73 Å². The lowest BCUT2D eigenvalue weighted by molar-refractivity contribution is -0.131. The molecule has 0 bridgehead atoms. The molecule has 2 aromatic rings. The molecule has 1 aromatic carbocycles. The highest BCUT2D eigenvalue weighted by molar-refractivity contribution is 7.92. The number of benzene rings is 1. The number of hydrogen-bond acceptors (Lipinski definition) is 6. The smallest absolute Gasteiger partial charge is 0.264 e. The topological polar surface area (TPSA) is 110 Å². The SMILES string of the molecule is CC(CCc1cc(-c2ccc(F)cc2F)on1)(C(=O)NO)S(C)(=O)=O. The summed E-state index contributed by atoms with van der Waals surface area (Å²) in [6, 6.07) is 4.32. The van der Waals surface area contributed by atoms with E-state index >= 15 is 0 Å². The van der Waals surface area contributed by atoms with E-state index in [0.29, 0.717) is 6.07 Å². The van der Waals surface area contributed by atoms with Crippen molar-refractivity contribution in [2.45, 2.75) is 24.5 Å². The molecule has 1 amide bonds. The van der Waals surface area contributed by atoms with Gasteiger partial charge in [0.25, 0.3) is 5.91 Å². The lowest BCUT2D eigenvalue weighted by Gasteiger charge is -2.24. The second-order valence-corrected chi connectivity index (χ2v) is 8.20. The van der Waals surface area contributed by atoms with Crippen LogP contribution in [0.2, 0.25) is 0 Å². The summed E-state index contributed by atoms with van der Waals surface area (Å²) in [6.07, 6.45) is 0.712. The highest BCUT2D eigenvalue weighted by Gasteiger charge is 2.43. The minimum atomic E-state index is -3.83. The largest absolute Gasteiger partial charge is 0.356 e. The Morgan fingerprint density at radius 1 is 1.36 bits per heavy atom. The van der Waals surface area contributed by atoms with Crippen LogP contribution in [0.15, 0.2) is 28.8 Å². The molecule has 2 N–H and O–H groups in total. The Kier molecular flexibility index (Phi) is 5.23. The number of rotatable bonds is 6. The maximum absolute atomic E-state index is 13.7. The number of aromatic nitrogens is 1. The highest BCUT2D eigenvalue weighted by atomic mass is 32.2. The van der Waals surface area contributed by atoms with E-state index in [0.717, 1.165) is 12.3 Å². The van der Waals surface area contributed by atoms with E-state index < -0.39 is 32.1 Å². The molecule has 0 fully saturated rings. The van der Waals surface area contributed by atoms with Crippen molar-refractivity contribution in [1.29, 1.82) is 0 Å². The van der Waals surface area contributed by atoms with Gasteiger partial charge in [0.2, 0.25) is 0 Å². The predicted octanol–water partition coefficient (Wildman–Crippen LogP) is 1.86. The minimum Gasteiger partial charge on any atom is -0.356 e. The van der Waals surface area contributed by atoms with E-state index in [9.17, 15) is 22.0 Å². The van der Waals surface area contributed by atoms with E-state index in [1.165, 1.54) is 24.5 Å². The normalized spacial score (nSPS) is 14.1. The number of carbonyl (C=O) groups excluding carboxylic acids is 1. The molecular formula is C15H16F2N2O5S. The Hall–Kier alpha value is -2.33. The summed E-state index contributed by atoms with van der Waals surface area (Å²) in [5.74, 6) is -2.59. The number of nitrogens with zero attached hydrogens (tertiary/aromatic N) is 1. The Bertz CT molecular complexity index is 897. The fourth-order valence-corrected chi connectivity index (χ4v) is 3.05. The first kappa shape index (κ1) is 19.0. The molecule has 1 atom stereocenters. The second-order valence-electron chi connectivity index (χ2n) is 5.75. The summed E-state index contributed by atoms with van der Waals surface area (Å²) in [4.78, 5) is 11.7. The number of hydroxylamine groups is 1. The lowest BCUT2D eigenvalue weighted by Crippen LogP contribution is -2.49. The first-order valence-electron chi connectivity index (χ1n) is 7.13. The van der Waals surface area contributed by atoms with E-state index in [1.807, 2.05) is 0 Å². The van der Waals surface area contributed by atoms with Gasteiger partial charge in [0, 0.05) is 18.4 Å². The van der Waals surface area contributed by atoms with Crippen molar-refractivity contribution < 1.29 is 31.7 Å². The van der Waals surface area contributed by atoms with Gasteiger partial charge < -0.3 is 4.52 Å². The zero-order valence-electron chi connectivity index (χ0n) is 13.4. The average molecular weight is 374 g/mol. The molecule has 0 radical (unpaired) electrons. The number of hydrogen-bond donors (Lipinski definition) is 2. The third-order valence-electron chi connectivity index (χ3n) is 4.01. The fraction of sp³-hybridized carbons (Fsp3) is 0.333. The van der Waals surface area contributed by atoms with Crippen LogP contribution in [0.1, 0.15) is 19.0 Å². The molecule has 25 heavy (non-hydrogen) atoms. The van der Waals surface area contributed by atoms with Crippen LogP contribution in [-0.4, -0.2) is 35.7 Å². The van der Waals surface area contributed by atoms with Crippen molar-refractivity contribution in [1.82, 2.24) is 10.6 Å². The van der Waals surface area contributed by atoms with Gasteiger partial charge in [0.15, 0.2) is 15.6 Å². The van der Waals surface area contributed by atoms with Crippen LogP contribution < -0.4 is 5.48 Å². The molecular weight excluding hydrogens is 358 g/mol. The molecule has 1 unspecified atom stereocenters. The average Bonchev–Trinajstić information content (AvgIpc) is 2.99. The first-order valence-corrected chi connectivity index (χ1v) is 9.03.